The van der Waals surface area contributed by atoms with Crippen molar-refractivity contribution in [3.63, 3.8) is 0 Å². The van der Waals surface area contributed by atoms with E-state index in [0.29, 0.717) is 11.3 Å². The SMILES string of the molecule is CSC(C)CNCc1ccn(C(C)C)n1. The van der Waals surface area contributed by atoms with Crippen LogP contribution in [0.5, 0.6) is 0 Å². The topological polar surface area (TPSA) is 29.9 Å². The molecule has 0 aromatic carbocycles. The van der Waals surface area contributed by atoms with Crippen LogP contribution in [0.2, 0.25) is 0 Å². The van der Waals surface area contributed by atoms with Gasteiger partial charge < -0.3 is 5.32 Å². The van der Waals surface area contributed by atoms with Gasteiger partial charge in [0.25, 0.3) is 0 Å². The Kier molecular flexibility index (Phi) is 5.19. The van der Waals surface area contributed by atoms with Gasteiger partial charge in [-0.15, -0.1) is 0 Å². The average Bonchev–Trinajstić information content (AvgIpc) is 2.66. The minimum Gasteiger partial charge on any atom is -0.310 e. The Labute approximate surface area is 96.6 Å². The summed E-state index contributed by atoms with van der Waals surface area (Å²) in [7, 11) is 0. The number of rotatable bonds is 6. The third-order valence-electron chi connectivity index (χ3n) is 2.33. The van der Waals surface area contributed by atoms with E-state index in [1.807, 2.05) is 22.6 Å². The highest BCUT2D eigenvalue weighted by atomic mass is 32.2. The molecule has 0 bridgehead atoms. The maximum atomic E-state index is 4.48. The number of nitrogens with one attached hydrogen (secondary N) is 1. The summed E-state index contributed by atoms with van der Waals surface area (Å²) in [6, 6.07) is 2.53. The van der Waals surface area contributed by atoms with Crippen LogP contribution in [0.3, 0.4) is 0 Å². The van der Waals surface area contributed by atoms with Gasteiger partial charge in [-0.3, -0.25) is 4.68 Å². The highest BCUT2D eigenvalue weighted by Gasteiger charge is 2.02. The van der Waals surface area contributed by atoms with Crippen LogP contribution in [0.25, 0.3) is 0 Å². The number of thioether (sulfide) groups is 1. The van der Waals surface area contributed by atoms with Crippen LogP contribution in [-0.4, -0.2) is 27.8 Å². The first-order valence-electron chi connectivity index (χ1n) is 5.41. The molecule has 0 fully saturated rings. The second-order valence-corrected chi connectivity index (χ2v) is 5.33. The molecule has 1 atom stereocenters. The Morgan fingerprint density at radius 2 is 2.20 bits per heavy atom. The standard InChI is InChI=1S/C11H21N3S/c1-9(2)14-6-5-11(13-14)8-12-7-10(3)15-4/h5-6,9-10,12H,7-8H2,1-4H3. The fraction of sp³-hybridized carbons (Fsp3) is 0.727. The van der Waals surface area contributed by atoms with Crippen LogP contribution in [0, 0.1) is 0 Å². The molecule has 86 valence electrons. The molecule has 4 heteroatoms. The van der Waals surface area contributed by atoms with Crippen LogP contribution in [-0.2, 0) is 6.54 Å². The Balaban J connectivity index is 2.31. The number of hydrogen-bond donors (Lipinski definition) is 1. The van der Waals surface area contributed by atoms with E-state index in [2.05, 4.69) is 43.5 Å². The number of hydrogen-bond acceptors (Lipinski definition) is 3. The van der Waals surface area contributed by atoms with Crippen molar-refractivity contribution in [3.8, 4) is 0 Å². The van der Waals surface area contributed by atoms with Gasteiger partial charge in [0.15, 0.2) is 0 Å². The van der Waals surface area contributed by atoms with Crippen molar-refractivity contribution in [2.75, 3.05) is 12.8 Å². The number of nitrogens with zero attached hydrogens (tertiary/aromatic N) is 2. The maximum absolute atomic E-state index is 4.48. The lowest BCUT2D eigenvalue weighted by atomic mass is 10.4. The molecule has 0 radical (unpaired) electrons. The summed E-state index contributed by atoms with van der Waals surface area (Å²) in [6.07, 6.45) is 4.18. The van der Waals surface area contributed by atoms with E-state index >= 15 is 0 Å². The van der Waals surface area contributed by atoms with Crippen molar-refractivity contribution in [3.05, 3.63) is 18.0 Å². The Morgan fingerprint density at radius 1 is 1.47 bits per heavy atom. The molecule has 0 amide bonds. The second kappa shape index (κ2) is 6.18. The maximum Gasteiger partial charge on any atom is 0.0762 e. The molecular formula is C11H21N3S. The van der Waals surface area contributed by atoms with Crippen molar-refractivity contribution < 1.29 is 0 Å². The molecule has 0 spiro atoms. The normalized spacial score (nSPS) is 13.4. The molecule has 15 heavy (non-hydrogen) atoms. The molecule has 1 aromatic heterocycles. The highest BCUT2D eigenvalue weighted by Crippen LogP contribution is 2.05. The molecule has 1 aromatic rings. The van der Waals surface area contributed by atoms with Gasteiger partial charge in [0, 0.05) is 30.6 Å². The molecule has 0 aliphatic heterocycles. The summed E-state index contributed by atoms with van der Waals surface area (Å²) in [6.45, 7) is 8.41. The molecule has 1 rings (SSSR count). The minimum atomic E-state index is 0.448. The molecular weight excluding hydrogens is 206 g/mol. The summed E-state index contributed by atoms with van der Waals surface area (Å²) < 4.78 is 2.00. The van der Waals surface area contributed by atoms with Gasteiger partial charge in [-0.1, -0.05) is 6.92 Å². The van der Waals surface area contributed by atoms with E-state index in [1.165, 1.54) is 0 Å². The fourth-order valence-corrected chi connectivity index (χ4v) is 1.53. The molecule has 0 saturated heterocycles. The van der Waals surface area contributed by atoms with Crippen molar-refractivity contribution in [2.24, 2.45) is 0 Å². The molecule has 3 nitrogen and oxygen atoms in total. The Bertz CT molecular complexity index is 283. The summed E-state index contributed by atoms with van der Waals surface area (Å²) in [5.41, 5.74) is 1.12. The first-order chi connectivity index (χ1) is 7.13. The summed E-state index contributed by atoms with van der Waals surface area (Å²) >= 11 is 1.88. The first-order valence-corrected chi connectivity index (χ1v) is 6.69. The lowest BCUT2D eigenvalue weighted by Gasteiger charge is -2.08. The van der Waals surface area contributed by atoms with Gasteiger partial charge in [-0.25, -0.2) is 0 Å². The van der Waals surface area contributed by atoms with Gasteiger partial charge >= 0.3 is 0 Å². The van der Waals surface area contributed by atoms with Crippen LogP contribution in [0.15, 0.2) is 12.3 Å². The van der Waals surface area contributed by atoms with Gasteiger partial charge in [0.2, 0.25) is 0 Å². The molecule has 0 aliphatic carbocycles. The van der Waals surface area contributed by atoms with Crippen LogP contribution in [0.1, 0.15) is 32.5 Å². The molecule has 0 aliphatic rings. The first kappa shape index (κ1) is 12.6. The van der Waals surface area contributed by atoms with Crippen molar-refractivity contribution in [1.29, 1.82) is 0 Å². The van der Waals surface area contributed by atoms with Crippen LogP contribution >= 0.6 is 11.8 Å². The van der Waals surface area contributed by atoms with Crippen molar-refractivity contribution in [1.82, 2.24) is 15.1 Å². The smallest absolute Gasteiger partial charge is 0.0762 e. The predicted molar refractivity (Wildman–Crippen MR) is 67.3 cm³/mol. The fourth-order valence-electron chi connectivity index (χ4n) is 1.25. The van der Waals surface area contributed by atoms with Crippen LogP contribution < -0.4 is 5.32 Å². The summed E-state index contributed by atoms with van der Waals surface area (Å²) in [4.78, 5) is 0. The van der Waals surface area contributed by atoms with Crippen LogP contribution in [0.4, 0.5) is 0 Å². The molecule has 0 saturated carbocycles. The highest BCUT2D eigenvalue weighted by molar-refractivity contribution is 7.99. The van der Waals surface area contributed by atoms with Crippen molar-refractivity contribution in [2.45, 2.75) is 38.6 Å². The average molecular weight is 227 g/mol. The van der Waals surface area contributed by atoms with E-state index in [9.17, 15) is 0 Å². The monoisotopic (exact) mass is 227 g/mol. The second-order valence-electron chi connectivity index (χ2n) is 4.06. The zero-order valence-corrected chi connectivity index (χ0v) is 10.8. The van der Waals surface area contributed by atoms with Crippen molar-refractivity contribution >= 4 is 11.8 Å². The molecule has 1 unspecified atom stereocenters. The van der Waals surface area contributed by atoms with E-state index in [0.717, 1.165) is 18.8 Å². The zero-order chi connectivity index (χ0) is 11.3. The summed E-state index contributed by atoms with van der Waals surface area (Å²) in [5, 5.41) is 8.55. The minimum absolute atomic E-state index is 0.448. The quantitative estimate of drug-likeness (QED) is 0.809. The van der Waals surface area contributed by atoms with Gasteiger partial charge in [0.1, 0.15) is 0 Å². The summed E-state index contributed by atoms with van der Waals surface area (Å²) in [5.74, 6) is 0. The van der Waals surface area contributed by atoms with E-state index in [1.54, 1.807) is 0 Å². The largest absolute Gasteiger partial charge is 0.310 e. The Morgan fingerprint density at radius 3 is 2.73 bits per heavy atom. The Hall–Kier alpha value is -0.480. The molecule has 1 N–H and O–H groups in total. The lowest BCUT2D eigenvalue weighted by molar-refractivity contribution is 0.521. The number of aromatic nitrogens is 2. The van der Waals surface area contributed by atoms with E-state index < -0.39 is 0 Å². The molecule has 1 heterocycles. The lowest BCUT2D eigenvalue weighted by Crippen LogP contribution is -2.22. The third-order valence-corrected chi connectivity index (χ3v) is 3.30. The van der Waals surface area contributed by atoms with Gasteiger partial charge in [-0.05, 0) is 26.2 Å². The van der Waals surface area contributed by atoms with Gasteiger partial charge in [0.05, 0.1) is 5.69 Å². The zero-order valence-electron chi connectivity index (χ0n) is 10.0. The van der Waals surface area contributed by atoms with E-state index in [-0.39, 0.29) is 0 Å². The van der Waals surface area contributed by atoms with E-state index in [4.69, 9.17) is 0 Å². The predicted octanol–water partition coefficient (Wildman–Crippen LogP) is 2.31. The third kappa shape index (κ3) is 4.26. The van der Waals surface area contributed by atoms with Gasteiger partial charge in [-0.2, -0.15) is 16.9 Å².